The highest BCUT2D eigenvalue weighted by molar-refractivity contribution is 5.80. The third-order valence-corrected chi connectivity index (χ3v) is 11.4. The molecule has 0 aromatic heterocycles. The van der Waals surface area contributed by atoms with Crippen molar-refractivity contribution in [2.45, 2.75) is 12.2 Å². The van der Waals surface area contributed by atoms with Crippen LogP contribution >= 0.6 is 0 Å². The van der Waals surface area contributed by atoms with Gasteiger partial charge < -0.3 is 60.9 Å². The van der Waals surface area contributed by atoms with Crippen LogP contribution in [0.2, 0.25) is 0 Å². The van der Waals surface area contributed by atoms with Gasteiger partial charge in [0.05, 0.1) is 77.8 Å². The van der Waals surface area contributed by atoms with E-state index in [-0.39, 0.29) is 144 Å². The molecule has 28 heteroatoms. The second kappa shape index (κ2) is 32.2. The Morgan fingerprint density at radius 3 is 0.632 bits per heavy atom. The molecule has 2 saturated heterocycles. The summed E-state index contributed by atoms with van der Waals surface area (Å²) in [6, 6.07) is 0. The maximum atomic E-state index is 14.1. The van der Waals surface area contributed by atoms with E-state index in [2.05, 4.69) is 0 Å². The lowest BCUT2D eigenvalue weighted by molar-refractivity contribution is -0.141. The Bertz CT molecular complexity index is 1440. The quantitative estimate of drug-likeness (QED) is 0.0406. The van der Waals surface area contributed by atoms with E-state index in [1.165, 1.54) is 9.80 Å². The lowest BCUT2D eigenvalue weighted by Crippen LogP contribution is -2.53. The number of aliphatic hydroxyl groups is 4. The maximum Gasteiger partial charge on any atom is 0.317 e. The summed E-state index contributed by atoms with van der Waals surface area (Å²) in [4.78, 5) is 114. The van der Waals surface area contributed by atoms with Crippen molar-refractivity contribution < 1.29 is 89.4 Å². The number of carboxylic acids is 6. The zero-order valence-electron chi connectivity index (χ0n) is 38.6. The average Bonchev–Trinajstić information content (AvgIpc) is 3.24. The third kappa shape index (κ3) is 26.1. The molecule has 2 aliphatic rings. The number of amides is 2. The number of carbonyl (C=O) groups is 8. The summed E-state index contributed by atoms with van der Waals surface area (Å²) in [5, 5.41) is 97.8. The van der Waals surface area contributed by atoms with Crippen molar-refractivity contribution in [3.05, 3.63) is 0 Å². The van der Waals surface area contributed by atoms with Crippen LogP contribution in [0.5, 0.6) is 0 Å². The van der Waals surface area contributed by atoms with Gasteiger partial charge in [0.15, 0.2) is 0 Å². The van der Waals surface area contributed by atoms with Crippen LogP contribution in [0.4, 0.5) is 0 Å². The number of aliphatic carboxylic acids is 6. The Morgan fingerprint density at radius 1 is 0.324 bits per heavy atom. The van der Waals surface area contributed by atoms with Crippen molar-refractivity contribution >= 4 is 47.6 Å². The van der Waals surface area contributed by atoms with Crippen molar-refractivity contribution in [2.24, 2.45) is 0 Å². The molecule has 10 N–H and O–H groups in total. The summed E-state index contributed by atoms with van der Waals surface area (Å²) >= 11 is 0. The molecule has 2 aliphatic heterocycles. The second-order valence-electron chi connectivity index (χ2n) is 16.9. The molecule has 390 valence electrons. The van der Waals surface area contributed by atoms with Gasteiger partial charge in [-0.1, -0.05) is 0 Å². The minimum absolute atomic E-state index is 0.104. The minimum atomic E-state index is -1.43. The molecule has 2 heterocycles. The van der Waals surface area contributed by atoms with Crippen LogP contribution in [0.3, 0.4) is 0 Å². The number of nitrogens with zero attached hydrogens (tertiary/aromatic N) is 10. The van der Waals surface area contributed by atoms with E-state index in [0.717, 1.165) is 0 Å². The highest BCUT2D eigenvalue weighted by atomic mass is 16.4. The second-order valence-corrected chi connectivity index (χ2v) is 16.9. The summed E-state index contributed by atoms with van der Waals surface area (Å²) in [6.45, 7) is -3.65. The van der Waals surface area contributed by atoms with E-state index >= 15 is 0 Å². The highest BCUT2D eigenvalue weighted by Crippen LogP contribution is 2.08. The largest absolute Gasteiger partial charge is 0.480 e. The first-order valence-electron chi connectivity index (χ1n) is 22.4. The average molecular weight is 981 g/mol. The minimum Gasteiger partial charge on any atom is -0.480 e. The number of hydrogen-bond acceptors (Lipinski definition) is 20. The number of carboxylic acid groups (broad SMARTS) is 6. The van der Waals surface area contributed by atoms with Crippen molar-refractivity contribution in [1.29, 1.82) is 0 Å². The van der Waals surface area contributed by atoms with Gasteiger partial charge in [0.25, 0.3) is 0 Å². The molecular weight excluding hydrogens is 908 g/mol. The van der Waals surface area contributed by atoms with Crippen molar-refractivity contribution in [2.75, 3.05) is 196 Å². The van der Waals surface area contributed by atoms with Crippen molar-refractivity contribution in [3.63, 3.8) is 0 Å². The summed E-state index contributed by atoms with van der Waals surface area (Å²) in [6.07, 6.45) is -2.85. The molecule has 0 aromatic rings. The normalized spacial score (nSPS) is 19.3. The van der Waals surface area contributed by atoms with Crippen LogP contribution in [-0.2, 0) is 38.4 Å². The first kappa shape index (κ1) is 59.4. The van der Waals surface area contributed by atoms with Gasteiger partial charge in [0.2, 0.25) is 11.8 Å². The zero-order chi connectivity index (χ0) is 50.8. The van der Waals surface area contributed by atoms with E-state index in [1.807, 2.05) is 0 Å². The molecular formula is C40H72N10O18. The van der Waals surface area contributed by atoms with E-state index in [4.69, 9.17) is 0 Å². The van der Waals surface area contributed by atoms with E-state index in [1.54, 1.807) is 39.2 Å². The fraction of sp³-hybridized carbons (Fsp3) is 0.800. The van der Waals surface area contributed by atoms with E-state index < -0.39 is 112 Å². The van der Waals surface area contributed by atoms with Crippen LogP contribution in [0, 0.1) is 0 Å². The summed E-state index contributed by atoms with van der Waals surface area (Å²) in [5.41, 5.74) is 0. The van der Waals surface area contributed by atoms with E-state index in [0.29, 0.717) is 0 Å². The Morgan fingerprint density at radius 2 is 0.485 bits per heavy atom. The molecule has 28 nitrogen and oxygen atoms in total. The Labute approximate surface area is 394 Å². The maximum absolute atomic E-state index is 14.1. The molecule has 0 aromatic carbocycles. The van der Waals surface area contributed by atoms with Crippen LogP contribution in [0.25, 0.3) is 0 Å². The predicted molar refractivity (Wildman–Crippen MR) is 237 cm³/mol. The SMILES string of the molecule is O=C(O)CN1CCN(CC(=O)O)CCN(CC(=O)N(CCN(CC(O)CO)C(=O)CN2CCN(CC(=O)O)CCN(CC(=O)O)CCN(CC(=O)O)CC2)CC(O)CO)CCN(CC(=O)O)CC1. The molecule has 68 heavy (non-hydrogen) atoms. The Kier molecular flexibility index (Phi) is 28.1. The van der Waals surface area contributed by atoms with Crippen LogP contribution in [0.15, 0.2) is 0 Å². The molecule has 0 radical (unpaired) electrons. The van der Waals surface area contributed by atoms with Crippen molar-refractivity contribution in [1.82, 2.24) is 49.0 Å². The van der Waals surface area contributed by atoms with Gasteiger partial charge in [0, 0.05) is 131 Å². The predicted octanol–water partition coefficient (Wildman–Crippen LogP) is -7.70. The molecule has 0 spiro atoms. The number of rotatable bonds is 25. The molecule has 2 unspecified atom stereocenters. The van der Waals surface area contributed by atoms with Gasteiger partial charge in [0.1, 0.15) is 0 Å². The first-order valence-corrected chi connectivity index (χ1v) is 22.4. The lowest BCUT2D eigenvalue weighted by atomic mass is 10.2. The molecule has 2 fully saturated rings. The summed E-state index contributed by atoms with van der Waals surface area (Å²) in [7, 11) is 0. The monoisotopic (exact) mass is 981 g/mol. The standard InChI is InChI=1S/C40H72N10O18/c51-29-31(53)19-49(33(55)21-41-1-5-43(23-35(57)58)9-13-47(27-39(65)66)14-10-44(6-2-41)24-36(59)60)17-18-50(20-32(54)30-52)34(56)22-42-3-7-45(25-37(61)62)11-15-48(28-40(67)68)16-12-46(8-4-42)26-38(63)64/h31-32,51-54H,1-30H2,(H,57,58)(H,59,60)(H,61,62)(H,63,64)(H,65,66)(H,67,68). The van der Waals surface area contributed by atoms with Gasteiger partial charge in [-0.2, -0.15) is 0 Å². The van der Waals surface area contributed by atoms with E-state index in [9.17, 15) is 89.4 Å². The number of hydrogen-bond donors (Lipinski definition) is 10. The van der Waals surface area contributed by atoms with Gasteiger partial charge in [-0.15, -0.1) is 0 Å². The molecule has 2 amide bonds. The molecule has 0 aliphatic carbocycles. The third-order valence-electron chi connectivity index (χ3n) is 11.4. The summed E-state index contributed by atoms with van der Waals surface area (Å²) in [5.74, 6) is -7.96. The topological polar surface area (TPSA) is 371 Å². The first-order chi connectivity index (χ1) is 32.1. The van der Waals surface area contributed by atoms with Gasteiger partial charge in [-0.05, 0) is 0 Å². The lowest BCUT2D eigenvalue weighted by Gasteiger charge is -2.35. The van der Waals surface area contributed by atoms with Gasteiger partial charge in [-0.3, -0.25) is 77.6 Å². The number of carbonyl (C=O) groups excluding carboxylic acids is 2. The fourth-order valence-corrected chi connectivity index (χ4v) is 7.65. The highest BCUT2D eigenvalue weighted by Gasteiger charge is 2.28. The molecule has 0 saturated carbocycles. The van der Waals surface area contributed by atoms with Crippen LogP contribution in [-0.4, -0.2) is 356 Å². The van der Waals surface area contributed by atoms with Gasteiger partial charge in [-0.25, -0.2) is 0 Å². The Balaban J connectivity index is 2.37. The smallest absolute Gasteiger partial charge is 0.317 e. The molecule has 2 atom stereocenters. The molecule has 2 rings (SSSR count). The fourth-order valence-electron chi connectivity index (χ4n) is 7.65. The van der Waals surface area contributed by atoms with Crippen molar-refractivity contribution in [3.8, 4) is 0 Å². The van der Waals surface area contributed by atoms with Gasteiger partial charge >= 0.3 is 35.8 Å². The number of aliphatic hydroxyl groups excluding tert-OH is 4. The Hall–Kier alpha value is -4.72. The van der Waals surface area contributed by atoms with Crippen LogP contribution < -0.4 is 0 Å². The molecule has 0 bridgehead atoms. The van der Waals surface area contributed by atoms with Crippen LogP contribution in [0.1, 0.15) is 0 Å². The zero-order valence-corrected chi connectivity index (χ0v) is 38.6. The summed E-state index contributed by atoms with van der Waals surface area (Å²) < 4.78 is 0.